The van der Waals surface area contributed by atoms with Gasteiger partial charge >= 0.3 is 5.97 Å². The van der Waals surface area contributed by atoms with Gasteiger partial charge < -0.3 is 14.6 Å². The van der Waals surface area contributed by atoms with Crippen LogP contribution in [0.4, 0.5) is 5.69 Å². The Labute approximate surface area is 234 Å². The molecule has 1 amide bonds. The van der Waals surface area contributed by atoms with Gasteiger partial charge in [-0.25, -0.2) is 9.79 Å². The molecule has 1 fully saturated rings. The number of hydrogen-bond acceptors (Lipinski definition) is 6. The van der Waals surface area contributed by atoms with E-state index in [-0.39, 0.29) is 11.5 Å². The van der Waals surface area contributed by atoms with Crippen LogP contribution in [0.3, 0.4) is 0 Å². The molecule has 9 heteroatoms. The van der Waals surface area contributed by atoms with Gasteiger partial charge in [0.1, 0.15) is 6.61 Å². The molecule has 4 rings (SSSR count). The lowest BCUT2D eigenvalue weighted by atomic mass is 10.1. The topological polar surface area (TPSA) is 88.4 Å². The first-order valence-corrected chi connectivity index (χ1v) is 13.7. The number of aromatic carboxylic acids is 1. The molecule has 0 saturated carbocycles. The molecule has 38 heavy (non-hydrogen) atoms. The number of rotatable bonds is 9. The van der Waals surface area contributed by atoms with E-state index in [0.29, 0.717) is 47.0 Å². The molecule has 3 aromatic rings. The number of likely N-dealkylation sites (N-methyl/N-ethyl adjacent to an activating group) is 1. The molecule has 7 nitrogen and oxygen atoms in total. The number of carboxylic acid groups (broad SMARTS) is 1. The average molecular weight is 596 g/mol. The Morgan fingerprint density at radius 2 is 1.74 bits per heavy atom. The van der Waals surface area contributed by atoms with Gasteiger partial charge in [0.25, 0.3) is 5.91 Å². The number of amides is 1. The summed E-state index contributed by atoms with van der Waals surface area (Å²) in [6.07, 6.45) is 1.81. The van der Waals surface area contributed by atoms with Gasteiger partial charge in [-0.3, -0.25) is 9.69 Å². The smallest absolute Gasteiger partial charge is 0.335 e. The van der Waals surface area contributed by atoms with E-state index in [1.165, 1.54) is 29.5 Å². The second-order valence-electron chi connectivity index (χ2n) is 8.43. The fraction of sp³-hybridized carbons (Fsp3) is 0.207. The van der Waals surface area contributed by atoms with E-state index >= 15 is 0 Å². The monoisotopic (exact) mass is 594 g/mol. The molecule has 0 aliphatic carbocycles. The van der Waals surface area contributed by atoms with Crippen LogP contribution in [0.5, 0.6) is 11.5 Å². The van der Waals surface area contributed by atoms with Crippen molar-refractivity contribution in [2.45, 2.75) is 27.4 Å². The predicted octanol–water partition coefficient (Wildman–Crippen LogP) is 7.06. The molecule has 0 radical (unpaired) electrons. The quantitative estimate of drug-likeness (QED) is 0.267. The summed E-state index contributed by atoms with van der Waals surface area (Å²) in [5.74, 6) is 0.0421. The standard InChI is InChI=1S/C29H27BrN2O5S/c1-4-32-27(33)26(38-29(32)31-22-12-10-20(11-13-22)28(34)35)15-21-14-24(36-5-2)25(16-23(21)30)37-17-19-8-6-18(3)7-9-19/h6-16H,4-5,17H2,1-3H3,(H,34,35). The van der Waals surface area contributed by atoms with Gasteiger partial charge in [0.05, 0.1) is 22.8 Å². The zero-order valence-corrected chi connectivity index (χ0v) is 23.6. The zero-order chi connectivity index (χ0) is 27.2. The first kappa shape index (κ1) is 27.5. The number of carbonyl (C=O) groups excluding carboxylic acids is 1. The lowest BCUT2D eigenvalue weighted by Gasteiger charge is -2.14. The lowest BCUT2D eigenvalue weighted by Crippen LogP contribution is -2.28. The minimum absolute atomic E-state index is 0.150. The normalized spacial score (nSPS) is 15.4. The molecule has 1 aliphatic rings. The van der Waals surface area contributed by atoms with Crippen LogP contribution in [0, 0.1) is 6.92 Å². The summed E-state index contributed by atoms with van der Waals surface area (Å²) >= 11 is 4.89. The second-order valence-corrected chi connectivity index (χ2v) is 10.3. The van der Waals surface area contributed by atoms with Gasteiger partial charge in [-0.05, 0) is 86.1 Å². The molecule has 1 saturated heterocycles. The molecule has 0 bridgehead atoms. The summed E-state index contributed by atoms with van der Waals surface area (Å²) < 4.78 is 12.7. The van der Waals surface area contributed by atoms with Crippen LogP contribution in [-0.4, -0.2) is 40.2 Å². The average Bonchev–Trinajstić information content (AvgIpc) is 3.19. The molecule has 196 valence electrons. The Kier molecular flexibility index (Phi) is 8.91. The summed E-state index contributed by atoms with van der Waals surface area (Å²) in [7, 11) is 0. The minimum Gasteiger partial charge on any atom is -0.490 e. The van der Waals surface area contributed by atoms with Gasteiger partial charge in [-0.2, -0.15) is 0 Å². The van der Waals surface area contributed by atoms with E-state index in [4.69, 9.17) is 14.6 Å². The van der Waals surface area contributed by atoms with E-state index in [9.17, 15) is 9.59 Å². The third-order valence-electron chi connectivity index (χ3n) is 5.71. The Hall–Kier alpha value is -3.56. The molecule has 1 N–H and O–H groups in total. The number of carboxylic acids is 1. The van der Waals surface area contributed by atoms with E-state index in [2.05, 4.69) is 20.9 Å². The maximum atomic E-state index is 13.2. The van der Waals surface area contributed by atoms with Crippen molar-refractivity contribution in [1.82, 2.24) is 4.90 Å². The summed E-state index contributed by atoms with van der Waals surface area (Å²) in [5, 5.41) is 9.65. The van der Waals surface area contributed by atoms with Crippen LogP contribution in [0.15, 0.2) is 75.0 Å². The molecular formula is C29H27BrN2O5S. The zero-order valence-electron chi connectivity index (χ0n) is 21.2. The molecular weight excluding hydrogens is 568 g/mol. The third-order valence-corrected chi connectivity index (χ3v) is 7.40. The van der Waals surface area contributed by atoms with Crippen molar-refractivity contribution >= 4 is 56.5 Å². The molecule has 1 heterocycles. The maximum Gasteiger partial charge on any atom is 0.335 e. The maximum absolute atomic E-state index is 13.2. The Balaban J connectivity index is 1.59. The highest BCUT2D eigenvalue weighted by molar-refractivity contribution is 9.10. The SMILES string of the molecule is CCOc1cc(C=C2SC(=Nc3ccc(C(=O)O)cc3)N(CC)C2=O)c(Br)cc1OCc1ccc(C)cc1. The van der Waals surface area contributed by atoms with Crippen LogP contribution >= 0.6 is 27.7 Å². The molecule has 0 spiro atoms. The highest BCUT2D eigenvalue weighted by atomic mass is 79.9. The third kappa shape index (κ3) is 6.46. The Morgan fingerprint density at radius 1 is 1.05 bits per heavy atom. The fourth-order valence-electron chi connectivity index (χ4n) is 3.69. The van der Waals surface area contributed by atoms with Crippen molar-refractivity contribution in [3.8, 4) is 11.5 Å². The molecule has 0 unspecified atom stereocenters. The number of nitrogens with zero attached hydrogens (tertiary/aromatic N) is 2. The summed E-state index contributed by atoms with van der Waals surface area (Å²) in [6.45, 7) is 7.15. The number of hydrogen-bond donors (Lipinski definition) is 1. The molecule has 1 aliphatic heterocycles. The summed E-state index contributed by atoms with van der Waals surface area (Å²) in [5.41, 5.74) is 3.76. The minimum atomic E-state index is -1.00. The van der Waals surface area contributed by atoms with Crippen LogP contribution < -0.4 is 9.47 Å². The number of aliphatic imine (C=N–C) groups is 1. The number of aryl methyl sites for hydroxylation is 1. The fourth-order valence-corrected chi connectivity index (χ4v) is 5.18. The number of carbonyl (C=O) groups is 2. The van der Waals surface area contributed by atoms with Crippen LogP contribution in [0.25, 0.3) is 6.08 Å². The van der Waals surface area contributed by atoms with Crippen LogP contribution in [-0.2, 0) is 11.4 Å². The van der Waals surface area contributed by atoms with Gasteiger partial charge in [0.2, 0.25) is 0 Å². The van der Waals surface area contributed by atoms with Crippen molar-refractivity contribution in [3.05, 3.63) is 92.3 Å². The largest absolute Gasteiger partial charge is 0.490 e. The summed E-state index contributed by atoms with van der Waals surface area (Å²) in [4.78, 5) is 31.0. The van der Waals surface area contributed by atoms with Crippen LogP contribution in [0.1, 0.15) is 40.9 Å². The first-order chi connectivity index (χ1) is 18.3. The molecule has 0 atom stereocenters. The first-order valence-electron chi connectivity index (χ1n) is 12.1. The van der Waals surface area contributed by atoms with Crippen molar-refractivity contribution in [1.29, 1.82) is 0 Å². The molecule has 3 aromatic carbocycles. The summed E-state index contributed by atoms with van der Waals surface area (Å²) in [6, 6.07) is 18.1. The van der Waals surface area contributed by atoms with Crippen molar-refractivity contribution in [2.24, 2.45) is 4.99 Å². The van der Waals surface area contributed by atoms with Gasteiger partial charge in [0, 0.05) is 11.0 Å². The Morgan fingerprint density at radius 3 is 2.37 bits per heavy atom. The van der Waals surface area contributed by atoms with E-state index < -0.39 is 5.97 Å². The van der Waals surface area contributed by atoms with Gasteiger partial charge in [-0.1, -0.05) is 45.8 Å². The van der Waals surface area contributed by atoms with Crippen molar-refractivity contribution in [3.63, 3.8) is 0 Å². The number of halogens is 1. The van der Waals surface area contributed by atoms with Gasteiger partial charge in [0.15, 0.2) is 16.7 Å². The number of amidine groups is 1. The van der Waals surface area contributed by atoms with E-state index in [0.717, 1.165) is 15.6 Å². The lowest BCUT2D eigenvalue weighted by molar-refractivity contribution is -0.122. The number of ether oxygens (including phenoxy) is 2. The number of benzene rings is 3. The van der Waals surface area contributed by atoms with Crippen LogP contribution in [0.2, 0.25) is 0 Å². The highest BCUT2D eigenvalue weighted by Gasteiger charge is 2.32. The highest BCUT2D eigenvalue weighted by Crippen LogP contribution is 2.39. The van der Waals surface area contributed by atoms with E-state index in [1.54, 1.807) is 17.0 Å². The molecule has 0 aromatic heterocycles. The Bertz CT molecular complexity index is 1400. The number of thioether (sulfide) groups is 1. The van der Waals surface area contributed by atoms with Gasteiger partial charge in [-0.15, -0.1) is 0 Å². The second kappa shape index (κ2) is 12.3. The van der Waals surface area contributed by atoms with E-state index in [1.807, 2.05) is 63.2 Å². The predicted molar refractivity (Wildman–Crippen MR) is 154 cm³/mol. The van der Waals surface area contributed by atoms with Crippen molar-refractivity contribution in [2.75, 3.05) is 13.2 Å². The van der Waals surface area contributed by atoms with Crippen molar-refractivity contribution < 1.29 is 24.2 Å².